The summed E-state index contributed by atoms with van der Waals surface area (Å²) in [5.41, 5.74) is 0.639. The van der Waals surface area contributed by atoms with Gasteiger partial charge in [0, 0.05) is 18.2 Å². The molecule has 0 bridgehead atoms. The van der Waals surface area contributed by atoms with Crippen molar-refractivity contribution in [3.63, 3.8) is 0 Å². The number of benzene rings is 1. The lowest BCUT2D eigenvalue weighted by Gasteiger charge is -2.29. The maximum absolute atomic E-state index is 12.7. The number of furan rings is 1. The van der Waals surface area contributed by atoms with E-state index in [2.05, 4.69) is 0 Å². The highest BCUT2D eigenvalue weighted by Crippen LogP contribution is 2.29. The molecule has 1 amide bonds. The zero-order valence-corrected chi connectivity index (χ0v) is 18.4. The molecular formula is C21H24ClNO6S. The van der Waals surface area contributed by atoms with E-state index in [1.807, 2.05) is 13.8 Å². The van der Waals surface area contributed by atoms with Gasteiger partial charge in [-0.3, -0.25) is 4.79 Å². The number of nitrogens with zero attached hydrogens (tertiary/aromatic N) is 1. The van der Waals surface area contributed by atoms with E-state index in [4.69, 9.17) is 20.8 Å². The summed E-state index contributed by atoms with van der Waals surface area (Å²) in [4.78, 5) is 26.5. The van der Waals surface area contributed by atoms with Crippen molar-refractivity contribution in [2.24, 2.45) is 5.92 Å². The normalized spacial score (nSPS) is 17.8. The monoisotopic (exact) mass is 453 g/mol. The molecule has 1 aliphatic heterocycles. The van der Waals surface area contributed by atoms with Crippen molar-refractivity contribution in [2.75, 3.05) is 24.7 Å². The average molecular weight is 454 g/mol. The fraction of sp³-hybridized carbons (Fsp3) is 0.429. The molecule has 1 saturated heterocycles. The van der Waals surface area contributed by atoms with Gasteiger partial charge in [-0.25, -0.2) is 13.2 Å². The molecule has 2 heterocycles. The number of ether oxygens (including phenoxy) is 1. The summed E-state index contributed by atoms with van der Waals surface area (Å²) in [6, 6.07) is 9.73. The largest absolute Gasteiger partial charge is 0.450 e. The molecule has 0 aliphatic carbocycles. The number of sulfone groups is 1. The third-order valence-electron chi connectivity index (χ3n) is 4.80. The van der Waals surface area contributed by atoms with Crippen molar-refractivity contribution < 1.29 is 27.2 Å². The first-order chi connectivity index (χ1) is 14.2. The fourth-order valence-electron chi connectivity index (χ4n) is 3.40. The summed E-state index contributed by atoms with van der Waals surface area (Å²) in [7, 11) is -3.14. The molecule has 0 N–H and O–H groups in total. The third-order valence-corrected chi connectivity index (χ3v) is 6.88. The first-order valence-corrected chi connectivity index (χ1v) is 11.9. The molecule has 1 aromatic heterocycles. The Morgan fingerprint density at radius 3 is 2.60 bits per heavy atom. The minimum Gasteiger partial charge on any atom is -0.450 e. The summed E-state index contributed by atoms with van der Waals surface area (Å²) in [5.74, 6) is -0.665. The second kappa shape index (κ2) is 9.22. The van der Waals surface area contributed by atoms with Crippen LogP contribution in [0.25, 0.3) is 11.3 Å². The van der Waals surface area contributed by atoms with Crippen LogP contribution in [0.5, 0.6) is 0 Å². The molecule has 9 heteroatoms. The molecule has 0 spiro atoms. The van der Waals surface area contributed by atoms with Gasteiger partial charge in [-0.1, -0.05) is 37.6 Å². The fourth-order valence-corrected chi connectivity index (χ4v) is 5.36. The van der Waals surface area contributed by atoms with Crippen molar-refractivity contribution >= 4 is 33.3 Å². The van der Waals surface area contributed by atoms with Crippen molar-refractivity contribution in [2.45, 2.75) is 26.3 Å². The van der Waals surface area contributed by atoms with Crippen molar-refractivity contribution in [3.05, 3.63) is 47.2 Å². The van der Waals surface area contributed by atoms with Gasteiger partial charge in [-0.2, -0.15) is 0 Å². The first-order valence-electron chi connectivity index (χ1n) is 9.68. The summed E-state index contributed by atoms with van der Waals surface area (Å²) in [6.07, 6.45) is 0.397. The van der Waals surface area contributed by atoms with E-state index in [0.717, 1.165) is 0 Å². The van der Waals surface area contributed by atoms with Gasteiger partial charge in [0.05, 0.1) is 16.5 Å². The van der Waals surface area contributed by atoms with Gasteiger partial charge >= 0.3 is 5.97 Å². The van der Waals surface area contributed by atoms with Crippen LogP contribution in [0, 0.1) is 5.92 Å². The second-order valence-electron chi connectivity index (χ2n) is 7.72. The predicted octanol–water partition coefficient (Wildman–Crippen LogP) is 3.43. The van der Waals surface area contributed by atoms with Crippen LogP contribution < -0.4 is 0 Å². The van der Waals surface area contributed by atoms with Gasteiger partial charge in [0.25, 0.3) is 5.91 Å². The van der Waals surface area contributed by atoms with E-state index >= 15 is 0 Å². The van der Waals surface area contributed by atoms with Gasteiger partial charge in [-0.05, 0) is 36.6 Å². The standard InChI is InChI=1S/C21H24ClNO6S/c1-14(2)11-23(15-9-10-30(26,27)13-15)20(24)12-28-21(25)19-8-7-18(29-19)16-5-3-4-6-17(16)22/h3-8,14-15H,9-13H2,1-2H3. The van der Waals surface area contributed by atoms with Gasteiger partial charge in [0.15, 0.2) is 16.4 Å². The summed E-state index contributed by atoms with van der Waals surface area (Å²) in [6.45, 7) is 3.79. The van der Waals surface area contributed by atoms with Crippen LogP contribution in [-0.4, -0.2) is 55.9 Å². The summed E-state index contributed by atoms with van der Waals surface area (Å²) < 4.78 is 34.3. The number of halogens is 1. The highest BCUT2D eigenvalue weighted by molar-refractivity contribution is 7.91. The predicted molar refractivity (Wildman–Crippen MR) is 113 cm³/mol. The molecular weight excluding hydrogens is 430 g/mol. The van der Waals surface area contributed by atoms with E-state index in [1.165, 1.54) is 11.0 Å². The minimum atomic E-state index is -3.14. The molecule has 3 rings (SSSR count). The molecule has 1 atom stereocenters. The molecule has 0 radical (unpaired) electrons. The lowest BCUT2D eigenvalue weighted by molar-refractivity contribution is -0.137. The van der Waals surface area contributed by atoms with Crippen molar-refractivity contribution in [1.82, 2.24) is 4.90 Å². The highest BCUT2D eigenvalue weighted by atomic mass is 35.5. The molecule has 162 valence electrons. The third kappa shape index (κ3) is 5.43. The minimum absolute atomic E-state index is 0.0448. The summed E-state index contributed by atoms with van der Waals surface area (Å²) in [5, 5.41) is 0.484. The average Bonchev–Trinajstić information content (AvgIpc) is 3.31. The van der Waals surface area contributed by atoms with Crippen LogP contribution >= 0.6 is 11.6 Å². The maximum Gasteiger partial charge on any atom is 0.374 e. The molecule has 30 heavy (non-hydrogen) atoms. The Morgan fingerprint density at radius 2 is 1.97 bits per heavy atom. The quantitative estimate of drug-likeness (QED) is 0.596. The zero-order valence-electron chi connectivity index (χ0n) is 16.8. The van der Waals surface area contributed by atoms with E-state index in [9.17, 15) is 18.0 Å². The number of esters is 1. The Kier molecular flexibility index (Phi) is 6.88. The summed E-state index contributed by atoms with van der Waals surface area (Å²) >= 11 is 6.14. The highest BCUT2D eigenvalue weighted by Gasteiger charge is 2.35. The number of rotatable bonds is 7. The Bertz CT molecular complexity index is 1030. The van der Waals surface area contributed by atoms with Crippen LogP contribution in [0.15, 0.2) is 40.8 Å². The Hall–Kier alpha value is -2.32. The van der Waals surface area contributed by atoms with E-state index < -0.39 is 28.3 Å². The first kappa shape index (κ1) is 22.4. The van der Waals surface area contributed by atoms with Gasteiger partial charge < -0.3 is 14.1 Å². The van der Waals surface area contributed by atoms with Crippen LogP contribution in [0.2, 0.25) is 5.02 Å². The number of amides is 1. The molecule has 2 aromatic rings. The zero-order chi connectivity index (χ0) is 21.9. The van der Waals surface area contributed by atoms with Crippen molar-refractivity contribution in [1.29, 1.82) is 0 Å². The smallest absolute Gasteiger partial charge is 0.374 e. The van der Waals surface area contributed by atoms with E-state index in [0.29, 0.717) is 29.3 Å². The van der Waals surface area contributed by atoms with Crippen LogP contribution in [0.4, 0.5) is 0 Å². The lowest BCUT2D eigenvalue weighted by Crippen LogP contribution is -2.45. The molecule has 7 nitrogen and oxygen atoms in total. The number of carbonyl (C=O) groups is 2. The second-order valence-corrected chi connectivity index (χ2v) is 10.4. The molecule has 1 unspecified atom stereocenters. The number of hydrogen-bond donors (Lipinski definition) is 0. The Balaban J connectivity index is 1.64. The SMILES string of the molecule is CC(C)CN(C(=O)COC(=O)c1ccc(-c2ccccc2Cl)o1)C1CCS(=O)(=O)C1. The topological polar surface area (TPSA) is 93.9 Å². The molecule has 1 aliphatic rings. The van der Waals surface area contributed by atoms with Crippen LogP contribution in [0.1, 0.15) is 30.8 Å². The van der Waals surface area contributed by atoms with Gasteiger partial charge in [-0.15, -0.1) is 0 Å². The van der Waals surface area contributed by atoms with Crippen LogP contribution in [-0.2, 0) is 19.4 Å². The van der Waals surface area contributed by atoms with Gasteiger partial charge in [0.2, 0.25) is 5.76 Å². The number of hydrogen-bond acceptors (Lipinski definition) is 6. The van der Waals surface area contributed by atoms with E-state index in [-0.39, 0.29) is 29.2 Å². The molecule has 0 saturated carbocycles. The van der Waals surface area contributed by atoms with Crippen molar-refractivity contribution in [3.8, 4) is 11.3 Å². The maximum atomic E-state index is 12.7. The number of carbonyl (C=O) groups excluding carboxylic acids is 2. The van der Waals surface area contributed by atoms with E-state index in [1.54, 1.807) is 30.3 Å². The van der Waals surface area contributed by atoms with Gasteiger partial charge in [0.1, 0.15) is 5.76 Å². The lowest BCUT2D eigenvalue weighted by atomic mass is 10.1. The Morgan fingerprint density at radius 1 is 1.23 bits per heavy atom. The molecule has 1 fully saturated rings. The van der Waals surface area contributed by atoms with Crippen LogP contribution in [0.3, 0.4) is 0 Å². The molecule has 1 aromatic carbocycles. The Labute approximate surface area is 180 Å².